The van der Waals surface area contributed by atoms with Crippen LogP contribution < -0.4 is 5.32 Å². The van der Waals surface area contributed by atoms with Gasteiger partial charge in [0.1, 0.15) is 11.9 Å². The molecule has 0 saturated heterocycles. The molecule has 0 aromatic heterocycles. The van der Waals surface area contributed by atoms with E-state index in [0.29, 0.717) is 24.0 Å². The largest absolute Gasteiger partial charge is 0.355 e. The van der Waals surface area contributed by atoms with Gasteiger partial charge in [0, 0.05) is 12.1 Å². The summed E-state index contributed by atoms with van der Waals surface area (Å²) in [6, 6.07) is 17.4. The van der Waals surface area contributed by atoms with E-state index in [4.69, 9.17) is 9.98 Å². The zero-order valence-electron chi connectivity index (χ0n) is 18.6. The number of carbonyl (C=O) groups is 2. The lowest BCUT2D eigenvalue weighted by molar-refractivity contribution is -0.125. The molecule has 2 heterocycles. The molecule has 32 heavy (non-hydrogen) atoms. The molecule has 4 rings (SSSR count). The van der Waals surface area contributed by atoms with Crippen LogP contribution in [0.4, 0.5) is 5.69 Å². The highest BCUT2D eigenvalue weighted by Gasteiger charge is 2.43. The maximum atomic E-state index is 13.2. The molecule has 166 valence electrons. The molecule has 0 unspecified atom stereocenters. The fourth-order valence-corrected chi connectivity index (χ4v) is 4.87. The van der Waals surface area contributed by atoms with Crippen molar-refractivity contribution in [1.29, 1.82) is 0 Å². The number of nitrogens with zero attached hydrogens (tertiary/aromatic N) is 3. The molecule has 7 heteroatoms. The minimum absolute atomic E-state index is 0.0412. The molecule has 0 radical (unpaired) electrons. The van der Waals surface area contributed by atoms with Crippen molar-refractivity contribution in [2.45, 2.75) is 44.9 Å². The summed E-state index contributed by atoms with van der Waals surface area (Å²) < 4.78 is 0. The molecule has 2 amide bonds. The van der Waals surface area contributed by atoms with E-state index in [1.165, 1.54) is 17.3 Å². The van der Waals surface area contributed by atoms with Crippen molar-refractivity contribution in [1.82, 2.24) is 10.2 Å². The van der Waals surface area contributed by atoms with Crippen LogP contribution in [-0.4, -0.2) is 45.6 Å². The Labute approximate surface area is 193 Å². The Morgan fingerprint density at radius 3 is 2.56 bits per heavy atom. The van der Waals surface area contributed by atoms with Crippen molar-refractivity contribution in [2.24, 2.45) is 15.9 Å². The van der Waals surface area contributed by atoms with Crippen molar-refractivity contribution >= 4 is 40.3 Å². The summed E-state index contributed by atoms with van der Waals surface area (Å²) in [7, 11) is 0. The first-order valence-electron chi connectivity index (χ1n) is 11.1. The number of fused-ring (bicyclic) bond motifs is 3. The average Bonchev–Trinajstić information content (AvgIpc) is 3.16. The smallest absolute Gasteiger partial charge is 0.259 e. The summed E-state index contributed by atoms with van der Waals surface area (Å²) in [6.45, 7) is 6.54. The third kappa shape index (κ3) is 4.48. The van der Waals surface area contributed by atoms with Crippen LogP contribution in [0.25, 0.3) is 0 Å². The van der Waals surface area contributed by atoms with Gasteiger partial charge in [-0.2, -0.15) is 0 Å². The van der Waals surface area contributed by atoms with Crippen LogP contribution in [0.5, 0.6) is 0 Å². The first-order valence-corrected chi connectivity index (χ1v) is 12.0. The van der Waals surface area contributed by atoms with Crippen LogP contribution in [0.3, 0.4) is 0 Å². The maximum absolute atomic E-state index is 13.2. The third-order valence-electron chi connectivity index (χ3n) is 5.60. The molecular weight excluding hydrogens is 420 g/mol. The number of hydrogen-bond acceptors (Lipinski definition) is 5. The number of amides is 2. The highest BCUT2D eigenvalue weighted by molar-refractivity contribution is 8.15. The molecule has 2 aliphatic heterocycles. The number of hydrogen-bond donors (Lipinski definition) is 1. The number of aliphatic imine (C=N–C) groups is 2. The van der Waals surface area contributed by atoms with E-state index in [1.807, 2.05) is 63.2 Å². The van der Waals surface area contributed by atoms with Crippen LogP contribution in [0.1, 0.15) is 38.3 Å². The molecule has 0 spiro atoms. The van der Waals surface area contributed by atoms with Gasteiger partial charge >= 0.3 is 0 Å². The van der Waals surface area contributed by atoms with Crippen molar-refractivity contribution in [3.63, 3.8) is 0 Å². The van der Waals surface area contributed by atoms with E-state index in [9.17, 15) is 9.59 Å². The number of amidine groups is 2. The number of thioether (sulfide) groups is 1. The number of carbonyl (C=O) groups excluding carboxylic acids is 2. The van der Waals surface area contributed by atoms with Crippen LogP contribution in [0.2, 0.25) is 0 Å². The van der Waals surface area contributed by atoms with E-state index in [-0.39, 0.29) is 23.0 Å². The Morgan fingerprint density at radius 2 is 1.84 bits per heavy atom. The molecule has 0 bridgehead atoms. The molecule has 2 aromatic carbocycles. The normalized spacial score (nSPS) is 18.1. The second-order valence-electron chi connectivity index (χ2n) is 8.27. The first kappa shape index (κ1) is 22.3. The Hall–Kier alpha value is -2.93. The predicted molar refractivity (Wildman–Crippen MR) is 130 cm³/mol. The minimum atomic E-state index is -0.429. The van der Waals surface area contributed by atoms with Crippen LogP contribution in [0, 0.1) is 5.92 Å². The van der Waals surface area contributed by atoms with Crippen molar-refractivity contribution in [3.8, 4) is 0 Å². The molecule has 2 aromatic rings. The molecule has 2 aliphatic rings. The van der Waals surface area contributed by atoms with Gasteiger partial charge in [0.05, 0.1) is 10.9 Å². The topological polar surface area (TPSA) is 74.1 Å². The lowest BCUT2D eigenvalue weighted by Crippen LogP contribution is -2.44. The summed E-state index contributed by atoms with van der Waals surface area (Å²) in [5.41, 5.74) is 2.82. The molecule has 0 saturated carbocycles. The number of benzene rings is 2. The van der Waals surface area contributed by atoms with E-state index >= 15 is 0 Å². The minimum Gasteiger partial charge on any atom is -0.355 e. The number of para-hydroxylation sites is 1. The van der Waals surface area contributed by atoms with Gasteiger partial charge in [0.2, 0.25) is 5.91 Å². The zero-order chi connectivity index (χ0) is 22.7. The summed E-state index contributed by atoms with van der Waals surface area (Å²) in [4.78, 5) is 37.2. The Kier molecular flexibility index (Phi) is 6.74. The van der Waals surface area contributed by atoms with Gasteiger partial charge in [-0.05, 0) is 36.5 Å². The quantitative estimate of drug-likeness (QED) is 0.691. The zero-order valence-corrected chi connectivity index (χ0v) is 19.4. The van der Waals surface area contributed by atoms with Crippen molar-refractivity contribution < 1.29 is 9.59 Å². The highest BCUT2D eigenvalue weighted by Crippen LogP contribution is 2.36. The summed E-state index contributed by atoms with van der Waals surface area (Å²) in [5, 5.41) is 3.22. The van der Waals surface area contributed by atoms with E-state index in [0.717, 1.165) is 17.7 Å². The van der Waals surface area contributed by atoms with Gasteiger partial charge in [-0.3, -0.25) is 14.6 Å². The van der Waals surface area contributed by atoms with E-state index in [1.54, 1.807) is 4.90 Å². The fraction of sp³-hybridized carbons (Fsp3) is 0.360. The third-order valence-corrected chi connectivity index (χ3v) is 6.91. The summed E-state index contributed by atoms with van der Waals surface area (Å²) in [5.74, 6) is 0.610. The van der Waals surface area contributed by atoms with Gasteiger partial charge in [-0.1, -0.05) is 75.0 Å². The SMILES string of the molecule is CC[C@H](SC1=Nc2ccccc2C2=N[C@@H](C(C)C)C(=O)N12)C(=O)NCCc1ccccc1. The molecule has 2 atom stereocenters. The van der Waals surface area contributed by atoms with Gasteiger partial charge in [0.15, 0.2) is 5.17 Å². The van der Waals surface area contributed by atoms with Gasteiger partial charge in [0.25, 0.3) is 5.91 Å². The molecule has 6 nitrogen and oxygen atoms in total. The van der Waals surface area contributed by atoms with Crippen molar-refractivity contribution in [3.05, 3.63) is 65.7 Å². The van der Waals surface area contributed by atoms with Crippen LogP contribution >= 0.6 is 11.8 Å². The fourth-order valence-electron chi connectivity index (χ4n) is 3.82. The summed E-state index contributed by atoms with van der Waals surface area (Å²) in [6.07, 6.45) is 1.41. The van der Waals surface area contributed by atoms with Gasteiger partial charge < -0.3 is 5.32 Å². The molecular formula is C25H28N4O2S. The van der Waals surface area contributed by atoms with E-state index in [2.05, 4.69) is 17.4 Å². The highest BCUT2D eigenvalue weighted by atomic mass is 32.2. The van der Waals surface area contributed by atoms with Crippen LogP contribution in [-0.2, 0) is 16.0 Å². The molecule has 0 fully saturated rings. The summed E-state index contributed by atoms with van der Waals surface area (Å²) >= 11 is 1.34. The van der Waals surface area contributed by atoms with Crippen LogP contribution in [0.15, 0.2) is 64.6 Å². The van der Waals surface area contributed by atoms with Gasteiger partial charge in [-0.25, -0.2) is 9.89 Å². The predicted octanol–water partition coefficient (Wildman–Crippen LogP) is 4.17. The molecule has 0 aliphatic carbocycles. The second kappa shape index (κ2) is 9.69. The van der Waals surface area contributed by atoms with Crippen molar-refractivity contribution in [2.75, 3.05) is 6.54 Å². The lowest BCUT2D eigenvalue weighted by Gasteiger charge is -2.27. The monoisotopic (exact) mass is 448 g/mol. The standard InChI is InChI=1S/C25H28N4O2S/c1-4-20(23(30)26-15-14-17-10-6-5-7-11-17)32-25-27-19-13-9-8-12-18(19)22-28-21(16(2)3)24(31)29(22)25/h5-13,16,20-21H,4,14-15H2,1-3H3,(H,26,30)/t20-,21-/m0/s1. The molecule has 1 N–H and O–H groups in total. The lowest BCUT2D eigenvalue weighted by atomic mass is 10.1. The number of nitrogens with one attached hydrogen (secondary N) is 1. The average molecular weight is 449 g/mol. The van der Waals surface area contributed by atoms with E-state index < -0.39 is 6.04 Å². The second-order valence-corrected chi connectivity index (χ2v) is 9.44. The first-order chi connectivity index (χ1) is 15.5. The Bertz CT molecular complexity index is 1060. The van der Waals surface area contributed by atoms with Gasteiger partial charge in [-0.15, -0.1) is 0 Å². The maximum Gasteiger partial charge on any atom is 0.259 e. The Balaban J connectivity index is 1.51. The number of rotatable bonds is 7. The Morgan fingerprint density at radius 1 is 1.12 bits per heavy atom.